The maximum absolute atomic E-state index is 12.0. The van der Waals surface area contributed by atoms with Crippen molar-refractivity contribution in [2.75, 3.05) is 18.6 Å². The molecule has 1 aliphatic rings. The van der Waals surface area contributed by atoms with Crippen molar-refractivity contribution >= 4 is 17.7 Å². The van der Waals surface area contributed by atoms with E-state index in [2.05, 4.69) is 68.4 Å². The smallest absolute Gasteiger partial charge is 0.315 e. The summed E-state index contributed by atoms with van der Waals surface area (Å²) in [5, 5.41) is 12.0. The minimum Gasteiger partial charge on any atom is -0.468 e. The molecule has 4 heteroatoms. The molecule has 0 saturated heterocycles. The van der Waals surface area contributed by atoms with Gasteiger partial charge in [-0.2, -0.15) is 0 Å². The van der Waals surface area contributed by atoms with Gasteiger partial charge in [0.25, 0.3) is 0 Å². The molecule has 0 spiro atoms. The second kappa shape index (κ2) is 7.71. The molecule has 1 N–H and O–H groups in total. The SMILES string of the molecule is COC(=O)CSCC1=CC(C(C)(C)C)=C(C(C)(C)C)C(O)(C(C)(C)C)C1. The molecule has 0 amide bonds. The van der Waals surface area contributed by atoms with Gasteiger partial charge in [-0.05, 0) is 27.4 Å². The number of methoxy groups -OCH3 is 1. The molecule has 0 aromatic carbocycles. The van der Waals surface area contributed by atoms with Crippen molar-refractivity contribution in [3.8, 4) is 0 Å². The van der Waals surface area contributed by atoms with Crippen molar-refractivity contribution in [3.05, 3.63) is 22.8 Å². The predicted molar refractivity (Wildman–Crippen MR) is 112 cm³/mol. The van der Waals surface area contributed by atoms with E-state index in [1.807, 2.05) is 0 Å². The fourth-order valence-electron chi connectivity index (χ4n) is 3.64. The number of thioether (sulfide) groups is 1. The maximum atomic E-state index is 12.0. The zero-order valence-corrected chi connectivity index (χ0v) is 19.2. The Labute approximate surface area is 164 Å². The van der Waals surface area contributed by atoms with E-state index in [4.69, 9.17) is 4.74 Å². The number of ether oxygens (including phenoxy) is 1. The van der Waals surface area contributed by atoms with Crippen LogP contribution in [0.4, 0.5) is 0 Å². The number of rotatable bonds is 4. The number of carbonyl (C=O) groups excluding carboxylic acids is 1. The van der Waals surface area contributed by atoms with Gasteiger partial charge in [-0.3, -0.25) is 4.79 Å². The van der Waals surface area contributed by atoms with Gasteiger partial charge in [-0.1, -0.05) is 74.0 Å². The van der Waals surface area contributed by atoms with Crippen LogP contribution in [0.5, 0.6) is 0 Å². The molecular weight excluding hydrogens is 344 g/mol. The third-order valence-electron chi connectivity index (χ3n) is 5.05. The summed E-state index contributed by atoms with van der Waals surface area (Å²) in [6, 6.07) is 0. The third kappa shape index (κ3) is 5.16. The Balaban J connectivity index is 3.45. The highest BCUT2D eigenvalue weighted by atomic mass is 32.2. The molecular formula is C22H38O3S. The van der Waals surface area contributed by atoms with Crippen LogP contribution in [-0.4, -0.2) is 35.3 Å². The van der Waals surface area contributed by atoms with Crippen LogP contribution in [0.25, 0.3) is 0 Å². The zero-order chi connectivity index (χ0) is 20.6. The quantitative estimate of drug-likeness (QED) is 0.662. The maximum Gasteiger partial charge on any atom is 0.315 e. The molecule has 0 aromatic rings. The van der Waals surface area contributed by atoms with Crippen LogP contribution in [0.2, 0.25) is 0 Å². The lowest BCUT2D eigenvalue weighted by atomic mass is 9.57. The van der Waals surface area contributed by atoms with Gasteiger partial charge in [0.2, 0.25) is 0 Å². The van der Waals surface area contributed by atoms with E-state index in [9.17, 15) is 9.90 Å². The van der Waals surface area contributed by atoms with Crippen molar-refractivity contribution in [1.82, 2.24) is 0 Å². The normalized spacial score (nSPS) is 22.3. The molecule has 0 radical (unpaired) electrons. The molecule has 0 aliphatic heterocycles. The largest absolute Gasteiger partial charge is 0.468 e. The number of aliphatic hydroxyl groups is 1. The molecule has 0 heterocycles. The van der Waals surface area contributed by atoms with E-state index in [1.165, 1.54) is 18.3 Å². The Morgan fingerprint density at radius 3 is 2.04 bits per heavy atom. The first-order valence-electron chi connectivity index (χ1n) is 9.36. The topological polar surface area (TPSA) is 46.5 Å². The fraction of sp³-hybridized carbons (Fsp3) is 0.773. The van der Waals surface area contributed by atoms with E-state index in [0.717, 1.165) is 11.3 Å². The summed E-state index contributed by atoms with van der Waals surface area (Å²) >= 11 is 1.55. The summed E-state index contributed by atoms with van der Waals surface area (Å²) in [6.45, 7) is 19.5. The predicted octanol–water partition coefficient (Wildman–Crippen LogP) is 5.39. The van der Waals surface area contributed by atoms with Gasteiger partial charge < -0.3 is 9.84 Å². The standard InChI is InChI=1S/C22H38O3S/c1-19(2,3)16-11-15(13-26-14-17(23)25-10)12-22(24,21(7,8)9)18(16)20(4,5)6/h11,24H,12-14H2,1-10H3. The van der Waals surface area contributed by atoms with Crippen LogP contribution >= 0.6 is 11.8 Å². The number of hydrogen-bond acceptors (Lipinski definition) is 4. The molecule has 0 aromatic heterocycles. The fourth-order valence-corrected chi connectivity index (χ4v) is 4.47. The van der Waals surface area contributed by atoms with Gasteiger partial charge >= 0.3 is 5.97 Å². The van der Waals surface area contributed by atoms with Crippen LogP contribution < -0.4 is 0 Å². The van der Waals surface area contributed by atoms with Crippen LogP contribution in [0.1, 0.15) is 68.7 Å². The van der Waals surface area contributed by atoms with E-state index in [1.54, 1.807) is 11.8 Å². The van der Waals surface area contributed by atoms with Crippen molar-refractivity contribution in [3.63, 3.8) is 0 Å². The Kier molecular flexibility index (Phi) is 6.91. The lowest BCUT2D eigenvalue weighted by Gasteiger charge is -2.51. The average Bonchev–Trinajstić information content (AvgIpc) is 2.42. The summed E-state index contributed by atoms with van der Waals surface area (Å²) < 4.78 is 4.73. The van der Waals surface area contributed by atoms with Gasteiger partial charge in [0.15, 0.2) is 0 Å². The number of esters is 1. The van der Waals surface area contributed by atoms with Gasteiger partial charge in [0.1, 0.15) is 0 Å². The van der Waals surface area contributed by atoms with E-state index in [0.29, 0.717) is 12.2 Å². The summed E-state index contributed by atoms with van der Waals surface area (Å²) in [5.41, 5.74) is 2.15. The highest BCUT2D eigenvalue weighted by Crippen LogP contribution is 2.54. The Bertz CT molecular complexity index is 594. The monoisotopic (exact) mass is 382 g/mol. The van der Waals surface area contributed by atoms with Crippen LogP contribution in [0, 0.1) is 16.2 Å². The molecule has 26 heavy (non-hydrogen) atoms. The number of carbonyl (C=O) groups is 1. The van der Waals surface area contributed by atoms with E-state index < -0.39 is 5.60 Å². The molecule has 0 saturated carbocycles. The molecule has 0 fully saturated rings. The Morgan fingerprint density at radius 2 is 1.65 bits per heavy atom. The first-order valence-corrected chi connectivity index (χ1v) is 10.5. The van der Waals surface area contributed by atoms with Crippen molar-refractivity contribution in [2.24, 2.45) is 16.2 Å². The second-order valence-electron chi connectivity index (χ2n) is 10.4. The van der Waals surface area contributed by atoms with Crippen molar-refractivity contribution in [2.45, 2.75) is 74.3 Å². The first-order chi connectivity index (χ1) is 11.5. The van der Waals surface area contributed by atoms with Crippen molar-refractivity contribution < 1.29 is 14.6 Å². The molecule has 0 bridgehead atoms. The molecule has 1 aliphatic carbocycles. The summed E-state index contributed by atoms with van der Waals surface area (Å²) in [7, 11) is 1.41. The molecule has 1 unspecified atom stereocenters. The average molecular weight is 383 g/mol. The summed E-state index contributed by atoms with van der Waals surface area (Å²) in [5.74, 6) is 0.854. The Hall–Kier alpha value is -0.740. The van der Waals surface area contributed by atoms with Gasteiger partial charge in [0.05, 0.1) is 18.5 Å². The minimum absolute atomic E-state index is 0.0689. The first kappa shape index (κ1) is 23.3. The molecule has 150 valence electrons. The molecule has 1 atom stereocenters. The van der Waals surface area contributed by atoms with E-state index >= 15 is 0 Å². The minimum atomic E-state index is -0.913. The van der Waals surface area contributed by atoms with Gasteiger partial charge in [-0.15, -0.1) is 11.8 Å². The summed E-state index contributed by atoms with van der Waals surface area (Å²) in [6.07, 6.45) is 2.88. The highest BCUT2D eigenvalue weighted by molar-refractivity contribution is 8.00. The second-order valence-corrected chi connectivity index (χ2v) is 11.4. The van der Waals surface area contributed by atoms with Crippen LogP contribution in [0.3, 0.4) is 0 Å². The molecule has 1 rings (SSSR count). The number of allylic oxidation sites excluding steroid dienone is 2. The lowest BCUT2D eigenvalue weighted by molar-refractivity contribution is -0.137. The zero-order valence-electron chi connectivity index (χ0n) is 18.4. The Morgan fingerprint density at radius 1 is 1.12 bits per heavy atom. The van der Waals surface area contributed by atoms with Gasteiger partial charge in [0, 0.05) is 12.2 Å². The highest BCUT2D eigenvalue weighted by Gasteiger charge is 2.50. The number of hydrogen-bond donors (Lipinski definition) is 1. The third-order valence-corrected chi connectivity index (χ3v) is 6.06. The van der Waals surface area contributed by atoms with E-state index in [-0.39, 0.29) is 22.2 Å². The summed E-state index contributed by atoms with van der Waals surface area (Å²) in [4.78, 5) is 11.4. The van der Waals surface area contributed by atoms with Gasteiger partial charge in [-0.25, -0.2) is 0 Å². The van der Waals surface area contributed by atoms with Crippen LogP contribution in [0.15, 0.2) is 22.8 Å². The molecule has 3 nitrogen and oxygen atoms in total. The van der Waals surface area contributed by atoms with Crippen molar-refractivity contribution in [1.29, 1.82) is 0 Å². The lowest BCUT2D eigenvalue weighted by Crippen LogP contribution is -2.51. The van der Waals surface area contributed by atoms with Crippen LogP contribution in [-0.2, 0) is 9.53 Å².